The Morgan fingerprint density at radius 1 is 1.17 bits per heavy atom. The molecule has 3 rings (SSSR count). The van der Waals surface area contributed by atoms with Crippen LogP contribution >= 0.6 is 0 Å². The second-order valence-electron chi connectivity index (χ2n) is 6.11. The van der Waals surface area contributed by atoms with E-state index in [0.29, 0.717) is 13.0 Å². The average Bonchev–Trinajstić information content (AvgIpc) is 3.31. The lowest BCUT2D eigenvalue weighted by Crippen LogP contribution is -2.41. The molecule has 7 nitrogen and oxygen atoms in total. The molecule has 2 amide bonds. The summed E-state index contributed by atoms with van der Waals surface area (Å²) < 4.78 is 26.3. The lowest BCUT2D eigenvalue weighted by Gasteiger charge is -2.19. The molecule has 0 unspecified atom stereocenters. The van der Waals surface area contributed by atoms with Gasteiger partial charge in [-0.3, -0.25) is 13.9 Å². The van der Waals surface area contributed by atoms with Gasteiger partial charge in [-0.25, -0.2) is 8.42 Å². The van der Waals surface area contributed by atoms with Crippen LogP contribution in [0.5, 0.6) is 0 Å². The van der Waals surface area contributed by atoms with Crippen LogP contribution in [0.4, 0.5) is 5.69 Å². The topological polar surface area (TPSA) is 95.6 Å². The number of fused-ring (bicyclic) bond motifs is 1. The van der Waals surface area contributed by atoms with Crippen LogP contribution in [0.15, 0.2) is 24.3 Å². The van der Waals surface area contributed by atoms with Crippen LogP contribution in [0.3, 0.4) is 0 Å². The lowest BCUT2D eigenvalue weighted by molar-refractivity contribution is -0.126. The summed E-state index contributed by atoms with van der Waals surface area (Å²) in [5, 5.41) is 5.09. The van der Waals surface area contributed by atoms with Gasteiger partial charge in [-0.1, -0.05) is 18.2 Å². The molecule has 24 heavy (non-hydrogen) atoms. The Morgan fingerprint density at radius 3 is 2.67 bits per heavy atom. The van der Waals surface area contributed by atoms with Gasteiger partial charge < -0.3 is 10.6 Å². The van der Waals surface area contributed by atoms with Crippen LogP contribution in [0, 0.1) is 5.92 Å². The van der Waals surface area contributed by atoms with Crippen molar-refractivity contribution in [3.63, 3.8) is 0 Å². The normalized spacial score (nSPS) is 16.6. The molecule has 2 N–H and O–H groups in total. The number of para-hydroxylation sites is 1. The number of nitrogens with zero attached hydrogens (tertiary/aromatic N) is 1. The summed E-state index contributed by atoms with van der Waals surface area (Å²) >= 11 is 0. The van der Waals surface area contributed by atoms with Crippen molar-refractivity contribution in [2.75, 3.05) is 29.7 Å². The number of nitrogens with one attached hydrogen (secondary N) is 2. The molecule has 0 saturated heterocycles. The number of sulfonamides is 1. The molecule has 0 spiro atoms. The van der Waals surface area contributed by atoms with E-state index in [4.69, 9.17) is 0 Å². The number of benzene rings is 1. The van der Waals surface area contributed by atoms with Gasteiger partial charge in [-0.15, -0.1) is 0 Å². The van der Waals surface area contributed by atoms with E-state index in [2.05, 4.69) is 10.6 Å². The van der Waals surface area contributed by atoms with Crippen LogP contribution in [-0.4, -0.2) is 45.6 Å². The third kappa shape index (κ3) is 3.87. The number of carbonyl (C=O) groups excluding carboxylic acids is 2. The summed E-state index contributed by atoms with van der Waals surface area (Å²) in [6, 6.07) is 7.43. The number of amides is 2. The highest BCUT2D eigenvalue weighted by Gasteiger charge is 2.30. The molecule has 0 atom stereocenters. The maximum absolute atomic E-state index is 12.4. The van der Waals surface area contributed by atoms with Crippen molar-refractivity contribution in [2.24, 2.45) is 5.92 Å². The predicted molar refractivity (Wildman–Crippen MR) is 90.0 cm³/mol. The molecule has 1 aliphatic carbocycles. The summed E-state index contributed by atoms with van der Waals surface area (Å²) in [6.07, 6.45) is 2.46. The highest BCUT2D eigenvalue weighted by atomic mass is 32.2. The third-order valence-electron chi connectivity index (χ3n) is 4.23. The molecule has 1 saturated carbocycles. The second-order valence-corrected chi connectivity index (χ2v) is 8.12. The standard InChI is InChI=1S/C16H21N3O4S/c20-15(11-18-16(21)13-5-6-13)17-8-10-24(22,23)19-9-7-12-3-1-2-4-14(12)19/h1-4,13H,5-11H2,(H,17,20)(H,18,21). The van der Waals surface area contributed by atoms with Crippen LogP contribution in [-0.2, 0) is 26.0 Å². The van der Waals surface area contributed by atoms with Crippen molar-refractivity contribution in [3.05, 3.63) is 29.8 Å². The average molecular weight is 351 g/mol. The summed E-state index contributed by atoms with van der Waals surface area (Å²) in [6.45, 7) is 0.355. The summed E-state index contributed by atoms with van der Waals surface area (Å²) in [7, 11) is -3.47. The number of carbonyl (C=O) groups is 2. The van der Waals surface area contributed by atoms with E-state index in [1.54, 1.807) is 6.07 Å². The molecule has 0 radical (unpaired) electrons. The van der Waals surface area contributed by atoms with Gasteiger partial charge in [0.15, 0.2) is 0 Å². The SMILES string of the molecule is O=C(CNC(=O)C1CC1)NCCS(=O)(=O)N1CCc2ccccc21. The molecular weight excluding hydrogens is 330 g/mol. The van der Waals surface area contributed by atoms with Crippen LogP contribution in [0.25, 0.3) is 0 Å². The van der Waals surface area contributed by atoms with Gasteiger partial charge in [0.1, 0.15) is 0 Å². The molecule has 2 aliphatic rings. The van der Waals surface area contributed by atoms with Crippen molar-refractivity contribution in [3.8, 4) is 0 Å². The van der Waals surface area contributed by atoms with Gasteiger partial charge in [0.25, 0.3) is 0 Å². The Bertz CT molecular complexity index is 743. The highest BCUT2D eigenvalue weighted by Crippen LogP contribution is 2.30. The summed E-state index contributed by atoms with van der Waals surface area (Å²) in [5.41, 5.74) is 1.74. The fraction of sp³-hybridized carbons (Fsp3) is 0.500. The van der Waals surface area contributed by atoms with Crippen molar-refractivity contribution < 1.29 is 18.0 Å². The van der Waals surface area contributed by atoms with Crippen LogP contribution in [0.1, 0.15) is 18.4 Å². The zero-order chi connectivity index (χ0) is 17.2. The fourth-order valence-electron chi connectivity index (χ4n) is 2.75. The van der Waals surface area contributed by atoms with Crippen molar-refractivity contribution in [1.29, 1.82) is 0 Å². The minimum absolute atomic E-state index is 0.0269. The minimum Gasteiger partial charge on any atom is -0.353 e. The van der Waals surface area contributed by atoms with Gasteiger partial charge >= 0.3 is 0 Å². The molecule has 0 aromatic heterocycles. The van der Waals surface area contributed by atoms with Gasteiger partial charge in [0.05, 0.1) is 18.0 Å². The maximum atomic E-state index is 12.4. The molecular formula is C16H21N3O4S. The third-order valence-corrected chi connectivity index (χ3v) is 6.00. The number of rotatable bonds is 7. The van der Waals surface area contributed by atoms with E-state index in [0.717, 1.165) is 24.1 Å². The zero-order valence-electron chi connectivity index (χ0n) is 13.3. The van der Waals surface area contributed by atoms with Gasteiger partial charge in [0, 0.05) is 19.0 Å². The molecule has 1 aromatic carbocycles. The molecule has 1 aliphatic heterocycles. The van der Waals surface area contributed by atoms with Crippen LogP contribution < -0.4 is 14.9 Å². The molecule has 130 valence electrons. The second kappa shape index (κ2) is 6.80. The Kier molecular flexibility index (Phi) is 4.75. The minimum atomic E-state index is -3.47. The smallest absolute Gasteiger partial charge is 0.239 e. The van der Waals surface area contributed by atoms with E-state index >= 15 is 0 Å². The first-order chi connectivity index (χ1) is 11.5. The Labute approximate surface area is 141 Å². The number of anilines is 1. The van der Waals surface area contributed by atoms with E-state index in [1.165, 1.54) is 4.31 Å². The summed E-state index contributed by atoms with van der Waals surface area (Å²) in [5.74, 6) is -0.593. The van der Waals surface area contributed by atoms with Gasteiger partial charge in [0.2, 0.25) is 21.8 Å². The molecule has 8 heteroatoms. The van der Waals surface area contributed by atoms with Crippen LogP contribution in [0.2, 0.25) is 0 Å². The Balaban J connectivity index is 1.45. The first-order valence-corrected chi connectivity index (χ1v) is 9.71. The van der Waals surface area contributed by atoms with E-state index in [9.17, 15) is 18.0 Å². The molecule has 0 bridgehead atoms. The first kappa shape index (κ1) is 16.8. The predicted octanol–water partition coefficient (Wildman–Crippen LogP) is 0.0213. The fourth-order valence-corrected chi connectivity index (χ4v) is 4.17. The quantitative estimate of drug-likeness (QED) is 0.724. The first-order valence-electron chi connectivity index (χ1n) is 8.10. The van der Waals surface area contributed by atoms with Crippen molar-refractivity contribution in [2.45, 2.75) is 19.3 Å². The van der Waals surface area contributed by atoms with Crippen molar-refractivity contribution >= 4 is 27.5 Å². The Hall–Kier alpha value is -2.09. The number of hydrogen-bond donors (Lipinski definition) is 2. The highest BCUT2D eigenvalue weighted by molar-refractivity contribution is 7.92. The molecule has 1 heterocycles. The largest absolute Gasteiger partial charge is 0.353 e. The zero-order valence-corrected chi connectivity index (χ0v) is 14.1. The maximum Gasteiger partial charge on any atom is 0.239 e. The molecule has 1 fully saturated rings. The lowest BCUT2D eigenvalue weighted by atomic mass is 10.2. The monoisotopic (exact) mass is 351 g/mol. The van der Waals surface area contributed by atoms with E-state index in [1.807, 2.05) is 18.2 Å². The van der Waals surface area contributed by atoms with E-state index in [-0.39, 0.29) is 36.6 Å². The Morgan fingerprint density at radius 2 is 1.92 bits per heavy atom. The molecule has 1 aromatic rings. The number of hydrogen-bond acceptors (Lipinski definition) is 4. The van der Waals surface area contributed by atoms with Crippen molar-refractivity contribution in [1.82, 2.24) is 10.6 Å². The van der Waals surface area contributed by atoms with Gasteiger partial charge in [-0.2, -0.15) is 0 Å². The van der Waals surface area contributed by atoms with E-state index < -0.39 is 10.0 Å². The summed E-state index contributed by atoms with van der Waals surface area (Å²) in [4.78, 5) is 23.1. The van der Waals surface area contributed by atoms with Gasteiger partial charge in [-0.05, 0) is 30.9 Å².